The SMILES string of the molecule is CCCN(CCC)c1nc2c(C)cccn2c(=O)c1/C=C1\SC(=S)N(Cc2ccc(OC)cc2)C1=O. The van der Waals surface area contributed by atoms with Gasteiger partial charge < -0.3 is 9.64 Å². The van der Waals surface area contributed by atoms with Crippen LogP contribution in [0.4, 0.5) is 5.82 Å². The Morgan fingerprint density at radius 3 is 2.44 bits per heavy atom. The smallest absolute Gasteiger partial charge is 0.267 e. The van der Waals surface area contributed by atoms with Crippen LogP contribution in [-0.2, 0) is 11.3 Å². The van der Waals surface area contributed by atoms with E-state index in [0.717, 1.165) is 42.8 Å². The number of ether oxygens (including phenoxy) is 1. The lowest BCUT2D eigenvalue weighted by Crippen LogP contribution is -2.31. The highest BCUT2D eigenvalue weighted by Crippen LogP contribution is 2.34. The van der Waals surface area contributed by atoms with E-state index in [9.17, 15) is 9.59 Å². The largest absolute Gasteiger partial charge is 0.497 e. The highest BCUT2D eigenvalue weighted by Gasteiger charge is 2.33. The maximum atomic E-state index is 13.7. The van der Waals surface area contributed by atoms with Gasteiger partial charge in [0.05, 0.1) is 24.1 Å². The molecule has 0 unspecified atom stereocenters. The molecule has 3 heterocycles. The van der Waals surface area contributed by atoms with Gasteiger partial charge in [0.1, 0.15) is 21.5 Å². The number of carbonyl (C=O) groups excluding carboxylic acids is 1. The Morgan fingerprint density at radius 1 is 1.11 bits per heavy atom. The monoisotopic (exact) mass is 522 g/mol. The second kappa shape index (κ2) is 11.3. The first kappa shape index (κ1) is 25.9. The van der Waals surface area contributed by atoms with E-state index >= 15 is 0 Å². The Kier molecular flexibility index (Phi) is 8.11. The van der Waals surface area contributed by atoms with Crippen LogP contribution in [0.3, 0.4) is 0 Å². The van der Waals surface area contributed by atoms with Crippen LogP contribution in [0, 0.1) is 6.92 Å². The fourth-order valence-electron chi connectivity index (χ4n) is 4.21. The molecule has 1 aliphatic rings. The van der Waals surface area contributed by atoms with E-state index in [1.807, 2.05) is 43.3 Å². The summed E-state index contributed by atoms with van der Waals surface area (Å²) in [6.45, 7) is 8.03. The van der Waals surface area contributed by atoms with Gasteiger partial charge in [-0.05, 0) is 55.2 Å². The molecule has 1 fully saturated rings. The third-order valence-corrected chi connectivity index (χ3v) is 7.38. The fourth-order valence-corrected chi connectivity index (χ4v) is 5.45. The van der Waals surface area contributed by atoms with E-state index in [4.69, 9.17) is 21.9 Å². The Balaban J connectivity index is 1.77. The first-order valence-electron chi connectivity index (χ1n) is 12.0. The summed E-state index contributed by atoms with van der Waals surface area (Å²) < 4.78 is 7.24. The van der Waals surface area contributed by atoms with Crippen molar-refractivity contribution in [1.29, 1.82) is 0 Å². The van der Waals surface area contributed by atoms with Gasteiger partial charge in [0, 0.05) is 19.3 Å². The van der Waals surface area contributed by atoms with Gasteiger partial charge in [0.15, 0.2) is 0 Å². The van der Waals surface area contributed by atoms with Crippen LogP contribution in [-0.4, -0.2) is 44.7 Å². The quantitative estimate of drug-likeness (QED) is 0.288. The number of methoxy groups -OCH3 is 1. The first-order valence-corrected chi connectivity index (χ1v) is 13.3. The Bertz CT molecular complexity index is 1380. The molecule has 1 aliphatic heterocycles. The number of benzene rings is 1. The van der Waals surface area contributed by atoms with Crippen LogP contribution in [0.2, 0.25) is 0 Å². The van der Waals surface area contributed by atoms with Crippen LogP contribution >= 0.6 is 24.0 Å². The molecule has 1 aromatic carbocycles. The number of hydrogen-bond donors (Lipinski definition) is 0. The third kappa shape index (κ3) is 5.17. The first-order chi connectivity index (χ1) is 17.4. The van der Waals surface area contributed by atoms with E-state index < -0.39 is 0 Å². The number of rotatable bonds is 9. The number of thioether (sulfide) groups is 1. The number of carbonyl (C=O) groups is 1. The molecule has 0 bridgehead atoms. The number of aryl methyl sites for hydroxylation is 1. The lowest BCUT2D eigenvalue weighted by molar-refractivity contribution is -0.122. The van der Waals surface area contributed by atoms with Gasteiger partial charge in [-0.1, -0.05) is 56.0 Å². The molecule has 1 amide bonds. The van der Waals surface area contributed by atoms with Gasteiger partial charge in [0.2, 0.25) is 0 Å². The van der Waals surface area contributed by atoms with Crippen LogP contribution in [0.15, 0.2) is 52.3 Å². The van der Waals surface area contributed by atoms with Gasteiger partial charge in [-0.25, -0.2) is 4.98 Å². The number of aromatic nitrogens is 2. The maximum Gasteiger partial charge on any atom is 0.267 e. The number of fused-ring (bicyclic) bond motifs is 1. The van der Waals surface area contributed by atoms with E-state index in [1.54, 1.807) is 28.7 Å². The van der Waals surface area contributed by atoms with Crippen molar-refractivity contribution >= 4 is 51.7 Å². The number of nitrogens with zero attached hydrogens (tertiary/aromatic N) is 4. The lowest BCUT2D eigenvalue weighted by Gasteiger charge is -2.25. The van der Waals surface area contributed by atoms with Crippen molar-refractivity contribution in [2.75, 3.05) is 25.1 Å². The van der Waals surface area contributed by atoms with Crippen molar-refractivity contribution in [2.45, 2.75) is 40.2 Å². The predicted molar refractivity (Wildman–Crippen MR) is 151 cm³/mol. The Morgan fingerprint density at radius 2 is 1.81 bits per heavy atom. The van der Waals surface area contributed by atoms with Gasteiger partial charge in [0.25, 0.3) is 11.5 Å². The van der Waals surface area contributed by atoms with Crippen molar-refractivity contribution < 1.29 is 9.53 Å². The minimum atomic E-state index is -0.210. The van der Waals surface area contributed by atoms with Crippen LogP contribution in [0.5, 0.6) is 5.75 Å². The van der Waals surface area contributed by atoms with E-state index in [-0.39, 0.29) is 11.5 Å². The van der Waals surface area contributed by atoms with Gasteiger partial charge in [-0.3, -0.25) is 18.9 Å². The number of amides is 1. The topological polar surface area (TPSA) is 67.2 Å². The molecule has 0 aliphatic carbocycles. The standard InChI is InChI=1S/C27H30N4O3S2/c1-5-13-29(14-6-2)24-21(25(32)30-15-7-8-18(3)23(30)28-24)16-22-26(33)31(27(35)36-22)17-19-9-11-20(34-4)12-10-19/h7-12,15-16H,5-6,13-14,17H2,1-4H3/b22-16-. The molecule has 7 nitrogen and oxygen atoms in total. The van der Waals surface area contributed by atoms with Gasteiger partial charge in [-0.15, -0.1) is 0 Å². The van der Waals surface area contributed by atoms with Crippen LogP contribution in [0.25, 0.3) is 11.7 Å². The number of thiocarbonyl (C=S) groups is 1. The molecule has 0 atom stereocenters. The fraction of sp³-hybridized carbons (Fsp3) is 0.333. The zero-order chi connectivity index (χ0) is 25.8. The summed E-state index contributed by atoms with van der Waals surface area (Å²) in [6, 6.07) is 11.3. The van der Waals surface area contributed by atoms with Crippen molar-refractivity contribution in [2.24, 2.45) is 0 Å². The van der Waals surface area contributed by atoms with E-state index in [1.165, 1.54) is 11.8 Å². The molecular formula is C27H30N4O3S2. The number of pyridine rings is 1. The van der Waals surface area contributed by atoms with Crippen molar-refractivity contribution in [3.8, 4) is 5.75 Å². The molecule has 1 saturated heterocycles. The van der Waals surface area contributed by atoms with Gasteiger partial charge >= 0.3 is 0 Å². The molecule has 36 heavy (non-hydrogen) atoms. The molecular weight excluding hydrogens is 492 g/mol. The van der Waals surface area contributed by atoms with E-state index in [0.29, 0.717) is 32.8 Å². The zero-order valence-corrected chi connectivity index (χ0v) is 22.6. The summed E-state index contributed by atoms with van der Waals surface area (Å²) in [5, 5.41) is 0. The summed E-state index contributed by atoms with van der Waals surface area (Å²) in [7, 11) is 1.61. The zero-order valence-electron chi connectivity index (χ0n) is 21.0. The maximum absolute atomic E-state index is 13.7. The Labute approximate surface area is 220 Å². The summed E-state index contributed by atoms with van der Waals surface area (Å²) in [5.41, 5.74) is 2.69. The average molecular weight is 523 g/mol. The molecule has 4 rings (SSSR count). The van der Waals surface area contributed by atoms with Crippen molar-refractivity contribution in [3.05, 3.63) is 74.5 Å². The third-order valence-electron chi connectivity index (χ3n) is 6.00. The molecule has 0 radical (unpaired) electrons. The number of hydrogen-bond acceptors (Lipinski definition) is 7. The number of anilines is 1. The minimum absolute atomic E-state index is 0.198. The summed E-state index contributed by atoms with van der Waals surface area (Å²) >= 11 is 6.76. The highest BCUT2D eigenvalue weighted by atomic mass is 32.2. The minimum Gasteiger partial charge on any atom is -0.497 e. The van der Waals surface area contributed by atoms with Crippen LogP contribution < -0.4 is 15.2 Å². The summed E-state index contributed by atoms with van der Waals surface area (Å²) in [5.74, 6) is 1.15. The van der Waals surface area contributed by atoms with Crippen LogP contribution in [0.1, 0.15) is 43.4 Å². The Hall–Kier alpha value is -3.17. The summed E-state index contributed by atoms with van der Waals surface area (Å²) in [4.78, 5) is 36.1. The average Bonchev–Trinajstić information content (AvgIpc) is 3.13. The normalized spacial score (nSPS) is 14.8. The van der Waals surface area contributed by atoms with Crippen molar-refractivity contribution in [3.63, 3.8) is 0 Å². The summed E-state index contributed by atoms with van der Waals surface area (Å²) in [6.07, 6.45) is 5.22. The van der Waals surface area contributed by atoms with E-state index in [2.05, 4.69) is 18.7 Å². The lowest BCUT2D eigenvalue weighted by atomic mass is 10.2. The second-order valence-corrected chi connectivity index (χ2v) is 10.3. The molecule has 2 aromatic heterocycles. The molecule has 9 heteroatoms. The molecule has 0 saturated carbocycles. The highest BCUT2D eigenvalue weighted by molar-refractivity contribution is 8.26. The molecule has 188 valence electrons. The van der Waals surface area contributed by atoms with Crippen molar-refractivity contribution in [1.82, 2.24) is 14.3 Å². The van der Waals surface area contributed by atoms with Gasteiger partial charge in [-0.2, -0.15) is 0 Å². The second-order valence-electron chi connectivity index (χ2n) is 8.64. The predicted octanol–water partition coefficient (Wildman–Crippen LogP) is 5.04. The molecule has 3 aromatic rings. The molecule has 0 spiro atoms. The molecule has 0 N–H and O–H groups in total.